The minimum atomic E-state index is -0.513. The van der Waals surface area contributed by atoms with Gasteiger partial charge in [0.05, 0.1) is 12.4 Å². The molecule has 106 valence electrons. The van der Waals surface area contributed by atoms with E-state index in [0.29, 0.717) is 11.3 Å². The predicted octanol–water partition coefficient (Wildman–Crippen LogP) is 2.19. The molecule has 0 unspecified atom stereocenters. The van der Waals surface area contributed by atoms with Gasteiger partial charge in [0.1, 0.15) is 0 Å². The summed E-state index contributed by atoms with van der Waals surface area (Å²) in [6.45, 7) is 3.74. The molecule has 1 aromatic carbocycles. The van der Waals surface area contributed by atoms with Crippen molar-refractivity contribution in [1.82, 2.24) is 4.90 Å². The van der Waals surface area contributed by atoms with E-state index in [-0.39, 0.29) is 29.9 Å². The van der Waals surface area contributed by atoms with Gasteiger partial charge < -0.3 is 9.84 Å². The number of rotatable bonds is 5. The number of para-hydroxylation sites is 1. The summed E-state index contributed by atoms with van der Waals surface area (Å²) >= 11 is 0.976. The van der Waals surface area contributed by atoms with Gasteiger partial charge in [0.15, 0.2) is 11.5 Å². The van der Waals surface area contributed by atoms with Crippen LogP contribution < -0.4 is 4.74 Å². The highest BCUT2D eigenvalue weighted by Crippen LogP contribution is 2.35. The number of methoxy groups -OCH3 is 1. The summed E-state index contributed by atoms with van der Waals surface area (Å²) < 4.78 is 5.03. The van der Waals surface area contributed by atoms with E-state index in [1.165, 1.54) is 18.1 Å². The Labute approximate surface area is 121 Å². The number of amides is 2. The standard InChI is InChI=1S/C14H15NO4S/c1-3-7-15-13(17)11(20-14(15)18)8-9-5-4-6-10(19-2)12(9)16/h3-6,11,16H,1,7-8H2,2H3/t11-/m1/s1. The van der Waals surface area contributed by atoms with Crippen molar-refractivity contribution in [2.24, 2.45) is 0 Å². The number of aromatic hydroxyl groups is 1. The van der Waals surface area contributed by atoms with Gasteiger partial charge in [0, 0.05) is 6.54 Å². The van der Waals surface area contributed by atoms with Crippen molar-refractivity contribution < 1.29 is 19.4 Å². The first-order valence-electron chi connectivity index (χ1n) is 6.06. The molecule has 0 aromatic heterocycles. The van der Waals surface area contributed by atoms with E-state index in [1.54, 1.807) is 18.2 Å². The molecule has 1 aliphatic heterocycles. The number of phenolic OH excluding ortho intramolecular Hbond substituents is 1. The first-order valence-corrected chi connectivity index (χ1v) is 6.94. The van der Waals surface area contributed by atoms with Gasteiger partial charge in [-0.2, -0.15) is 0 Å². The number of carbonyl (C=O) groups excluding carboxylic acids is 2. The van der Waals surface area contributed by atoms with Crippen LogP contribution in [-0.2, 0) is 11.2 Å². The summed E-state index contributed by atoms with van der Waals surface area (Å²) in [7, 11) is 1.46. The van der Waals surface area contributed by atoms with Gasteiger partial charge in [-0.15, -0.1) is 6.58 Å². The highest BCUT2D eigenvalue weighted by Gasteiger charge is 2.39. The Morgan fingerprint density at radius 2 is 2.25 bits per heavy atom. The lowest BCUT2D eigenvalue weighted by Crippen LogP contribution is -2.32. The molecular weight excluding hydrogens is 278 g/mol. The summed E-state index contributed by atoms with van der Waals surface area (Å²) in [4.78, 5) is 25.0. The third-order valence-corrected chi connectivity index (χ3v) is 4.10. The molecule has 1 aromatic rings. The number of hydrogen-bond donors (Lipinski definition) is 1. The Morgan fingerprint density at radius 3 is 2.90 bits per heavy atom. The summed E-state index contributed by atoms with van der Waals surface area (Å²) in [5, 5.41) is 9.22. The zero-order valence-electron chi connectivity index (χ0n) is 11.0. The second-order valence-corrected chi connectivity index (χ2v) is 5.44. The van der Waals surface area contributed by atoms with Crippen LogP contribution in [-0.4, -0.2) is 40.1 Å². The molecule has 0 radical (unpaired) electrons. The molecule has 0 bridgehead atoms. The van der Waals surface area contributed by atoms with Gasteiger partial charge in [-0.1, -0.05) is 30.0 Å². The van der Waals surface area contributed by atoms with Crippen molar-refractivity contribution in [2.75, 3.05) is 13.7 Å². The van der Waals surface area contributed by atoms with Gasteiger partial charge >= 0.3 is 0 Å². The van der Waals surface area contributed by atoms with Crippen molar-refractivity contribution in [2.45, 2.75) is 11.7 Å². The van der Waals surface area contributed by atoms with Crippen molar-refractivity contribution in [3.05, 3.63) is 36.4 Å². The lowest BCUT2D eigenvalue weighted by molar-refractivity contribution is -0.126. The lowest BCUT2D eigenvalue weighted by atomic mass is 10.1. The number of nitrogens with zero attached hydrogens (tertiary/aromatic N) is 1. The molecule has 0 aliphatic carbocycles. The molecule has 2 amide bonds. The Morgan fingerprint density at radius 1 is 1.50 bits per heavy atom. The minimum absolute atomic E-state index is 0.0121. The highest BCUT2D eigenvalue weighted by molar-refractivity contribution is 8.15. The molecule has 20 heavy (non-hydrogen) atoms. The quantitative estimate of drug-likeness (QED) is 0.843. The molecular formula is C14H15NO4S. The fourth-order valence-electron chi connectivity index (χ4n) is 2.02. The Kier molecular flexibility index (Phi) is 4.34. The van der Waals surface area contributed by atoms with E-state index in [9.17, 15) is 14.7 Å². The second kappa shape index (κ2) is 6.00. The summed E-state index contributed by atoms with van der Waals surface area (Å²) in [5.74, 6) is 0.118. The molecule has 0 spiro atoms. The molecule has 1 N–H and O–H groups in total. The molecule has 0 saturated carbocycles. The van der Waals surface area contributed by atoms with E-state index in [2.05, 4.69) is 6.58 Å². The van der Waals surface area contributed by atoms with E-state index in [1.807, 2.05) is 0 Å². The van der Waals surface area contributed by atoms with Crippen LogP contribution >= 0.6 is 11.8 Å². The fourth-order valence-corrected chi connectivity index (χ4v) is 3.05. The number of hydrogen-bond acceptors (Lipinski definition) is 5. The lowest BCUT2D eigenvalue weighted by Gasteiger charge is -2.12. The van der Waals surface area contributed by atoms with Crippen LogP contribution in [0, 0.1) is 0 Å². The molecule has 1 fully saturated rings. The second-order valence-electron chi connectivity index (χ2n) is 4.28. The Bertz CT molecular complexity index is 558. The molecule has 1 heterocycles. The summed E-state index contributed by atoms with van der Waals surface area (Å²) in [5.41, 5.74) is 0.587. The third-order valence-electron chi connectivity index (χ3n) is 3.02. The van der Waals surface area contributed by atoms with Crippen LogP contribution in [0.25, 0.3) is 0 Å². The van der Waals surface area contributed by atoms with Crippen LogP contribution in [0.4, 0.5) is 4.79 Å². The van der Waals surface area contributed by atoms with Crippen LogP contribution in [0.2, 0.25) is 0 Å². The minimum Gasteiger partial charge on any atom is -0.504 e. The van der Waals surface area contributed by atoms with E-state index < -0.39 is 5.25 Å². The van der Waals surface area contributed by atoms with Crippen LogP contribution in [0.3, 0.4) is 0 Å². The first kappa shape index (κ1) is 14.5. The number of imide groups is 1. The molecule has 6 heteroatoms. The third kappa shape index (κ3) is 2.65. The zero-order chi connectivity index (χ0) is 14.7. The zero-order valence-corrected chi connectivity index (χ0v) is 11.9. The maximum absolute atomic E-state index is 12.1. The average Bonchev–Trinajstić information content (AvgIpc) is 2.69. The van der Waals surface area contributed by atoms with E-state index in [0.717, 1.165) is 11.8 Å². The number of phenols is 1. The molecule has 1 saturated heterocycles. The SMILES string of the molecule is C=CCN1C(=O)S[C@H](Cc2cccc(OC)c2O)C1=O. The first-order chi connectivity index (χ1) is 9.58. The molecule has 1 atom stereocenters. The number of thioether (sulfide) groups is 1. The number of ether oxygens (including phenoxy) is 1. The summed E-state index contributed by atoms with van der Waals surface area (Å²) in [6, 6.07) is 5.09. The molecule has 1 aliphatic rings. The van der Waals surface area contributed by atoms with E-state index >= 15 is 0 Å². The average molecular weight is 293 g/mol. The van der Waals surface area contributed by atoms with Crippen molar-refractivity contribution in [3.8, 4) is 11.5 Å². The normalized spacial score (nSPS) is 18.4. The van der Waals surface area contributed by atoms with Crippen molar-refractivity contribution >= 4 is 22.9 Å². The topological polar surface area (TPSA) is 66.8 Å². The Balaban J connectivity index is 2.17. The number of carbonyl (C=O) groups is 2. The molecule has 5 nitrogen and oxygen atoms in total. The highest BCUT2D eigenvalue weighted by atomic mass is 32.2. The van der Waals surface area contributed by atoms with Gasteiger partial charge in [-0.05, 0) is 18.1 Å². The van der Waals surface area contributed by atoms with Crippen molar-refractivity contribution in [1.29, 1.82) is 0 Å². The Hall–Kier alpha value is -1.95. The maximum Gasteiger partial charge on any atom is 0.289 e. The van der Waals surface area contributed by atoms with Gasteiger partial charge in [-0.25, -0.2) is 0 Å². The van der Waals surface area contributed by atoms with Crippen LogP contribution in [0.1, 0.15) is 5.56 Å². The van der Waals surface area contributed by atoms with Gasteiger partial charge in [0.25, 0.3) is 5.24 Å². The fraction of sp³-hybridized carbons (Fsp3) is 0.286. The summed E-state index contributed by atoms with van der Waals surface area (Å²) in [6.07, 6.45) is 1.80. The van der Waals surface area contributed by atoms with E-state index in [4.69, 9.17) is 4.74 Å². The van der Waals surface area contributed by atoms with Gasteiger partial charge in [0.2, 0.25) is 5.91 Å². The largest absolute Gasteiger partial charge is 0.504 e. The molecule has 2 rings (SSSR count). The monoisotopic (exact) mass is 293 g/mol. The smallest absolute Gasteiger partial charge is 0.289 e. The number of benzene rings is 1. The predicted molar refractivity (Wildman–Crippen MR) is 77.0 cm³/mol. The van der Waals surface area contributed by atoms with Crippen LogP contribution in [0.5, 0.6) is 11.5 Å². The maximum atomic E-state index is 12.1. The van der Waals surface area contributed by atoms with Crippen molar-refractivity contribution in [3.63, 3.8) is 0 Å². The van der Waals surface area contributed by atoms with Gasteiger partial charge in [-0.3, -0.25) is 14.5 Å². The van der Waals surface area contributed by atoms with Crippen LogP contribution in [0.15, 0.2) is 30.9 Å².